The highest BCUT2D eigenvalue weighted by Gasteiger charge is 2.25. The molecule has 0 aromatic heterocycles. The molecule has 0 atom stereocenters. The number of nitrogens with zero attached hydrogens (tertiary/aromatic N) is 2. The first kappa shape index (κ1) is 13.0. The third-order valence-corrected chi connectivity index (χ3v) is 2.67. The van der Waals surface area contributed by atoms with E-state index in [1.54, 1.807) is 6.92 Å². The van der Waals surface area contributed by atoms with Crippen molar-refractivity contribution >= 4 is 17.6 Å². The van der Waals surface area contributed by atoms with Crippen LogP contribution in [0.4, 0.5) is 0 Å². The fourth-order valence-corrected chi connectivity index (χ4v) is 1.66. The number of nitrogens with one attached hydrogen (secondary N) is 1. The molecule has 0 unspecified atom stereocenters. The first-order valence-electron chi connectivity index (χ1n) is 5.95. The van der Waals surface area contributed by atoms with Gasteiger partial charge in [-0.1, -0.05) is 36.9 Å². The first-order valence-corrected chi connectivity index (χ1v) is 5.95. The van der Waals surface area contributed by atoms with E-state index in [0.717, 1.165) is 5.56 Å². The van der Waals surface area contributed by atoms with Gasteiger partial charge in [0.25, 0.3) is 11.8 Å². The van der Waals surface area contributed by atoms with Crippen LogP contribution in [0, 0.1) is 0 Å². The molecule has 0 bridgehead atoms. The summed E-state index contributed by atoms with van der Waals surface area (Å²) in [5.41, 5.74) is 1.38. The molecule has 0 fully saturated rings. The van der Waals surface area contributed by atoms with Crippen LogP contribution < -0.4 is 5.32 Å². The predicted molar refractivity (Wildman–Crippen MR) is 72.0 cm³/mol. The molecule has 0 aliphatic carbocycles. The van der Waals surface area contributed by atoms with Gasteiger partial charge in [-0.15, -0.1) is 0 Å². The van der Waals surface area contributed by atoms with E-state index in [0.29, 0.717) is 18.0 Å². The molecular weight excluding hydrogens is 242 g/mol. The topological polar surface area (TPSA) is 61.8 Å². The molecule has 0 saturated carbocycles. The number of carbonyl (C=O) groups excluding carboxylic acids is 2. The van der Waals surface area contributed by atoms with Crippen LogP contribution in [0.3, 0.4) is 0 Å². The van der Waals surface area contributed by atoms with Crippen molar-refractivity contribution in [1.29, 1.82) is 0 Å². The fourth-order valence-electron chi connectivity index (χ4n) is 1.66. The molecular formula is C14H15N3O2. The van der Waals surface area contributed by atoms with Gasteiger partial charge in [0, 0.05) is 5.57 Å². The monoisotopic (exact) mass is 257 g/mol. The SMILES string of the molecule is C=C(C)C(=O)NC1=NN(Cc2ccccc2)C(=O)C1. The predicted octanol–water partition coefficient (Wildman–Crippen LogP) is 1.42. The molecule has 98 valence electrons. The van der Waals surface area contributed by atoms with Crippen LogP contribution in [0.1, 0.15) is 18.9 Å². The Morgan fingerprint density at radius 1 is 1.42 bits per heavy atom. The minimum atomic E-state index is -0.312. The average Bonchev–Trinajstić information content (AvgIpc) is 2.71. The van der Waals surface area contributed by atoms with Crippen molar-refractivity contribution in [1.82, 2.24) is 10.3 Å². The number of hydrogen-bond donors (Lipinski definition) is 1. The molecule has 2 amide bonds. The van der Waals surface area contributed by atoms with E-state index in [1.807, 2.05) is 30.3 Å². The lowest BCUT2D eigenvalue weighted by Gasteiger charge is -2.10. The Kier molecular flexibility index (Phi) is 3.75. The van der Waals surface area contributed by atoms with E-state index in [2.05, 4.69) is 17.0 Å². The number of carbonyl (C=O) groups is 2. The lowest BCUT2D eigenvalue weighted by atomic mass is 10.2. The second-order valence-electron chi connectivity index (χ2n) is 4.39. The standard InChI is InChI=1S/C14H15N3O2/c1-10(2)14(19)15-12-8-13(18)17(16-12)9-11-6-4-3-5-7-11/h3-7H,1,8-9H2,2H3,(H,15,16,19). The first-order chi connectivity index (χ1) is 9.06. The quantitative estimate of drug-likeness (QED) is 0.832. The van der Waals surface area contributed by atoms with Gasteiger partial charge in [-0.25, -0.2) is 5.01 Å². The normalized spacial score (nSPS) is 14.3. The van der Waals surface area contributed by atoms with E-state index in [4.69, 9.17) is 0 Å². The number of amides is 2. The molecule has 1 aliphatic heterocycles. The molecule has 1 aromatic rings. The molecule has 1 aromatic carbocycles. The fraction of sp³-hybridized carbons (Fsp3) is 0.214. The van der Waals surface area contributed by atoms with Gasteiger partial charge in [0.05, 0.1) is 13.0 Å². The maximum Gasteiger partial charge on any atom is 0.251 e. The van der Waals surface area contributed by atoms with Gasteiger partial charge in [-0.05, 0) is 12.5 Å². The van der Waals surface area contributed by atoms with Gasteiger partial charge >= 0.3 is 0 Å². The van der Waals surface area contributed by atoms with Crippen molar-refractivity contribution in [2.24, 2.45) is 5.10 Å². The minimum Gasteiger partial charge on any atom is -0.308 e. The lowest BCUT2D eigenvalue weighted by molar-refractivity contribution is -0.129. The van der Waals surface area contributed by atoms with Crippen LogP contribution in [-0.2, 0) is 16.1 Å². The average molecular weight is 257 g/mol. The summed E-state index contributed by atoms with van der Waals surface area (Å²) < 4.78 is 0. The Morgan fingerprint density at radius 3 is 2.74 bits per heavy atom. The second-order valence-corrected chi connectivity index (χ2v) is 4.39. The Bertz CT molecular complexity index is 549. The van der Waals surface area contributed by atoms with Gasteiger partial charge in [-0.2, -0.15) is 5.10 Å². The highest BCUT2D eigenvalue weighted by molar-refractivity contribution is 6.12. The van der Waals surface area contributed by atoms with E-state index >= 15 is 0 Å². The van der Waals surface area contributed by atoms with Crippen LogP contribution in [0.25, 0.3) is 0 Å². The number of amidine groups is 1. The molecule has 0 saturated heterocycles. The zero-order chi connectivity index (χ0) is 13.8. The lowest BCUT2D eigenvalue weighted by Crippen LogP contribution is -2.29. The Hall–Kier alpha value is -2.43. The van der Waals surface area contributed by atoms with E-state index in [1.165, 1.54) is 5.01 Å². The highest BCUT2D eigenvalue weighted by atomic mass is 16.2. The van der Waals surface area contributed by atoms with E-state index < -0.39 is 0 Å². The molecule has 1 heterocycles. The summed E-state index contributed by atoms with van der Waals surface area (Å²) in [6, 6.07) is 9.57. The van der Waals surface area contributed by atoms with Crippen molar-refractivity contribution < 1.29 is 9.59 Å². The number of hydrazone groups is 1. The molecule has 1 N–H and O–H groups in total. The van der Waals surface area contributed by atoms with Gasteiger partial charge in [-0.3, -0.25) is 9.59 Å². The summed E-state index contributed by atoms with van der Waals surface area (Å²) in [5, 5.41) is 8.05. The van der Waals surface area contributed by atoms with Crippen LogP contribution >= 0.6 is 0 Å². The smallest absolute Gasteiger partial charge is 0.251 e. The summed E-state index contributed by atoms with van der Waals surface area (Å²) in [7, 11) is 0. The molecule has 2 rings (SSSR count). The van der Waals surface area contributed by atoms with Gasteiger partial charge < -0.3 is 5.32 Å². The second kappa shape index (κ2) is 5.48. The largest absolute Gasteiger partial charge is 0.308 e. The number of hydrogen-bond acceptors (Lipinski definition) is 3. The third-order valence-electron chi connectivity index (χ3n) is 2.67. The maximum atomic E-state index is 11.8. The van der Waals surface area contributed by atoms with Crippen molar-refractivity contribution in [2.45, 2.75) is 19.9 Å². The zero-order valence-corrected chi connectivity index (χ0v) is 10.7. The summed E-state index contributed by atoms with van der Waals surface area (Å²) in [4.78, 5) is 23.2. The molecule has 5 nitrogen and oxygen atoms in total. The summed E-state index contributed by atoms with van der Waals surface area (Å²) in [6.07, 6.45) is 0.117. The Morgan fingerprint density at radius 2 is 2.11 bits per heavy atom. The Balaban J connectivity index is 2.03. The maximum absolute atomic E-state index is 11.8. The molecule has 5 heteroatoms. The summed E-state index contributed by atoms with van der Waals surface area (Å²) in [6.45, 7) is 5.55. The number of rotatable bonds is 3. The number of benzene rings is 1. The molecule has 19 heavy (non-hydrogen) atoms. The van der Waals surface area contributed by atoms with Crippen LogP contribution in [0.2, 0.25) is 0 Å². The van der Waals surface area contributed by atoms with E-state index in [-0.39, 0.29) is 18.2 Å². The van der Waals surface area contributed by atoms with E-state index in [9.17, 15) is 9.59 Å². The van der Waals surface area contributed by atoms with Crippen LogP contribution in [0.5, 0.6) is 0 Å². The van der Waals surface area contributed by atoms with Crippen molar-refractivity contribution in [3.63, 3.8) is 0 Å². The molecule has 1 aliphatic rings. The molecule has 0 radical (unpaired) electrons. The van der Waals surface area contributed by atoms with Gasteiger partial charge in [0.2, 0.25) is 0 Å². The third kappa shape index (κ3) is 3.28. The summed E-state index contributed by atoms with van der Waals surface area (Å²) >= 11 is 0. The summed E-state index contributed by atoms with van der Waals surface area (Å²) in [5.74, 6) is -0.0667. The van der Waals surface area contributed by atoms with Crippen molar-refractivity contribution in [3.8, 4) is 0 Å². The zero-order valence-electron chi connectivity index (χ0n) is 10.7. The van der Waals surface area contributed by atoms with Crippen molar-refractivity contribution in [3.05, 3.63) is 48.0 Å². The van der Waals surface area contributed by atoms with Gasteiger partial charge in [0.15, 0.2) is 0 Å². The molecule has 0 spiro atoms. The highest BCUT2D eigenvalue weighted by Crippen LogP contribution is 2.12. The van der Waals surface area contributed by atoms with Gasteiger partial charge in [0.1, 0.15) is 5.84 Å². The van der Waals surface area contributed by atoms with Crippen molar-refractivity contribution in [2.75, 3.05) is 0 Å². The Labute approximate surface area is 111 Å². The minimum absolute atomic E-state index is 0.117. The van der Waals surface area contributed by atoms with Crippen LogP contribution in [-0.4, -0.2) is 22.7 Å². The van der Waals surface area contributed by atoms with Crippen LogP contribution in [0.15, 0.2) is 47.6 Å².